The zero-order chi connectivity index (χ0) is 23.6. The molecule has 4 rings (SSSR count). The van der Waals surface area contributed by atoms with E-state index in [0.29, 0.717) is 33.5 Å². The molecule has 168 valence electrons. The van der Waals surface area contributed by atoms with Gasteiger partial charge in [-0.15, -0.1) is 0 Å². The molecule has 7 heteroatoms. The Balaban J connectivity index is 1.73. The van der Waals surface area contributed by atoms with Crippen LogP contribution in [0.1, 0.15) is 22.4 Å². The van der Waals surface area contributed by atoms with Crippen molar-refractivity contribution in [2.24, 2.45) is 0 Å². The maximum Gasteiger partial charge on any atom is 0.366 e. The molecule has 2 N–H and O–H groups in total. The lowest BCUT2D eigenvalue weighted by atomic mass is 9.85. The van der Waals surface area contributed by atoms with E-state index in [0.717, 1.165) is 11.1 Å². The van der Waals surface area contributed by atoms with Crippen molar-refractivity contribution in [2.45, 2.75) is 25.9 Å². The Hall–Kier alpha value is -3.97. The number of fused-ring (bicyclic) bond motifs is 1. The molecule has 33 heavy (non-hydrogen) atoms. The van der Waals surface area contributed by atoms with Crippen molar-refractivity contribution in [1.29, 1.82) is 0 Å². The molecule has 1 aromatic heterocycles. The number of aromatic nitrogens is 1. The summed E-state index contributed by atoms with van der Waals surface area (Å²) in [5, 5.41) is 19.2. The summed E-state index contributed by atoms with van der Waals surface area (Å²) >= 11 is 0. The predicted octanol–water partition coefficient (Wildman–Crippen LogP) is 3.88. The minimum absolute atomic E-state index is 0.0740. The number of nitrogens with zero attached hydrogens (tertiary/aromatic N) is 1. The van der Waals surface area contributed by atoms with Gasteiger partial charge in [0.05, 0.1) is 18.2 Å². The largest absolute Gasteiger partial charge is 0.497 e. The summed E-state index contributed by atoms with van der Waals surface area (Å²) in [5.41, 5.74) is 0.827. The third-order valence-corrected chi connectivity index (χ3v) is 5.64. The van der Waals surface area contributed by atoms with Crippen LogP contribution >= 0.6 is 0 Å². The van der Waals surface area contributed by atoms with E-state index in [1.54, 1.807) is 56.5 Å². The second-order valence-electron chi connectivity index (χ2n) is 8.02. The number of aliphatic hydroxyl groups is 1. The van der Waals surface area contributed by atoms with E-state index in [1.807, 2.05) is 31.2 Å². The van der Waals surface area contributed by atoms with Gasteiger partial charge in [0.1, 0.15) is 5.75 Å². The van der Waals surface area contributed by atoms with Crippen LogP contribution in [0.5, 0.6) is 5.75 Å². The molecule has 0 radical (unpaired) electrons. The van der Waals surface area contributed by atoms with Gasteiger partial charge in [-0.1, -0.05) is 47.1 Å². The Morgan fingerprint density at radius 3 is 2.52 bits per heavy atom. The Morgan fingerprint density at radius 2 is 1.82 bits per heavy atom. The molecule has 3 aromatic carbocycles. The van der Waals surface area contributed by atoms with E-state index >= 15 is 0 Å². The SMILES string of the molecule is COc1ccc(C(O)(Cc2cccc(C)c2)C(=O)Nc2ccc3c(=O)onc(C)c3c2)cc1. The first-order valence-corrected chi connectivity index (χ1v) is 10.4. The number of methoxy groups -OCH3 is 1. The molecule has 1 atom stereocenters. The molecule has 0 saturated carbocycles. The van der Waals surface area contributed by atoms with Gasteiger partial charge in [-0.2, -0.15) is 0 Å². The third kappa shape index (κ3) is 4.49. The molecule has 0 bridgehead atoms. The number of ether oxygens (including phenoxy) is 1. The first-order valence-electron chi connectivity index (χ1n) is 10.4. The van der Waals surface area contributed by atoms with Gasteiger partial charge in [-0.25, -0.2) is 4.79 Å². The van der Waals surface area contributed by atoms with Gasteiger partial charge < -0.3 is 19.7 Å². The first kappa shape index (κ1) is 22.2. The lowest BCUT2D eigenvalue weighted by Crippen LogP contribution is -2.42. The summed E-state index contributed by atoms with van der Waals surface area (Å²) in [6.45, 7) is 3.67. The van der Waals surface area contributed by atoms with Crippen LogP contribution in [-0.4, -0.2) is 23.3 Å². The zero-order valence-electron chi connectivity index (χ0n) is 18.6. The molecule has 0 aliphatic rings. The van der Waals surface area contributed by atoms with Crippen LogP contribution in [0.3, 0.4) is 0 Å². The number of hydrogen-bond acceptors (Lipinski definition) is 6. The standard InChI is InChI=1S/C26H24N2O5/c1-16-5-4-6-18(13-16)15-26(31,19-7-10-21(32-3)11-8-19)25(30)27-20-9-12-22-23(14-20)17(2)28-33-24(22)29/h4-14,31H,15H2,1-3H3,(H,27,30). The summed E-state index contributed by atoms with van der Waals surface area (Å²) in [6.07, 6.45) is 0.0740. The molecule has 1 heterocycles. The van der Waals surface area contributed by atoms with Gasteiger partial charge in [0, 0.05) is 17.5 Å². The maximum atomic E-state index is 13.5. The highest BCUT2D eigenvalue weighted by Crippen LogP contribution is 2.30. The van der Waals surface area contributed by atoms with Crippen LogP contribution in [0.25, 0.3) is 10.8 Å². The van der Waals surface area contributed by atoms with Crippen LogP contribution in [0.15, 0.2) is 76.0 Å². The fraction of sp³-hybridized carbons (Fsp3) is 0.192. The molecule has 0 spiro atoms. The van der Waals surface area contributed by atoms with Crippen molar-refractivity contribution in [1.82, 2.24) is 5.16 Å². The van der Waals surface area contributed by atoms with Crippen molar-refractivity contribution >= 4 is 22.4 Å². The van der Waals surface area contributed by atoms with E-state index in [4.69, 9.17) is 9.26 Å². The van der Waals surface area contributed by atoms with Crippen LogP contribution in [0, 0.1) is 13.8 Å². The highest BCUT2D eigenvalue weighted by atomic mass is 16.5. The Bertz CT molecular complexity index is 1380. The van der Waals surface area contributed by atoms with Crippen molar-refractivity contribution in [3.63, 3.8) is 0 Å². The summed E-state index contributed by atoms with van der Waals surface area (Å²) in [7, 11) is 1.55. The van der Waals surface area contributed by atoms with E-state index < -0.39 is 17.1 Å². The summed E-state index contributed by atoms with van der Waals surface area (Å²) < 4.78 is 9.97. The number of anilines is 1. The number of carbonyl (C=O) groups is 1. The minimum atomic E-state index is -1.85. The Kier molecular flexibility index (Phi) is 5.98. The Labute approximate surface area is 190 Å². The molecule has 0 aliphatic carbocycles. The fourth-order valence-electron chi connectivity index (χ4n) is 3.84. The van der Waals surface area contributed by atoms with Crippen molar-refractivity contribution in [3.8, 4) is 5.75 Å². The van der Waals surface area contributed by atoms with Crippen molar-refractivity contribution in [2.75, 3.05) is 12.4 Å². The molecule has 4 aromatic rings. The summed E-state index contributed by atoms with van der Waals surface area (Å²) in [6, 6.07) is 19.2. The van der Waals surface area contributed by atoms with E-state index in [9.17, 15) is 14.7 Å². The van der Waals surface area contributed by atoms with Gasteiger partial charge >= 0.3 is 5.63 Å². The second-order valence-corrected chi connectivity index (χ2v) is 8.02. The zero-order valence-corrected chi connectivity index (χ0v) is 18.6. The van der Waals surface area contributed by atoms with E-state index in [2.05, 4.69) is 10.5 Å². The summed E-state index contributed by atoms with van der Waals surface area (Å²) in [4.78, 5) is 25.4. The van der Waals surface area contributed by atoms with Gasteiger partial charge in [0.2, 0.25) is 0 Å². The molecule has 0 aliphatic heterocycles. The van der Waals surface area contributed by atoms with Gasteiger partial charge in [0.15, 0.2) is 5.60 Å². The average molecular weight is 444 g/mol. The monoisotopic (exact) mass is 444 g/mol. The van der Waals surface area contributed by atoms with Gasteiger partial charge in [-0.3, -0.25) is 4.79 Å². The highest BCUT2D eigenvalue weighted by Gasteiger charge is 2.38. The quantitative estimate of drug-likeness (QED) is 0.468. The smallest absolute Gasteiger partial charge is 0.366 e. The van der Waals surface area contributed by atoms with Crippen LogP contribution in [-0.2, 0) is 16.8 Å². The van der Waals surface area contributed by atoms with E-state index in [-0.39, 0.29) is 6.42 Å². The normalized spacial score (nSPS) is 12.8. The molecule has 0 saturated heterocycles. The maximum absolute atomic E-state index is 13.5. The number of rotatable bonds is 6. The molecule has 1 amide bonds. The Morgan fingerprint density at radius 1 is 1.06 bits per heavy atom. The lowest BCUT2D eigenvalue weighted by Gasteiger charge is -2.28. The second kappa shape index (κ2) is 8.88. The number of carbonyl (C=O) groups excluding carboxylic acids is 1. The van der Waals surface area contributed by atoms with Crippen molar-refractivity contribution in [3.05, 3.63) is 99.5 Å². The fourth-order valence-corrected chi connectivity index (χ4v) is 3.84. The highest BCUT2D eigenvalue weighted by molar-refractivity contribution is 6.00. The predicted molar refractivity (Wildman–Crippen MR) is 125 cm³/mol. The topological polar surface area (TPSA) is 102 Å². The van der Waals surface area contributed by atoms with Crippen LogP contribution in [0.2, 0.25) is 0 Å². The molecular weight excluding hydrogens is 420 g/mol. The van der Waals surface area contributed by atoms with E-state index in [1.165, 1.54) is 0 Å². The number of nitrogens with one attached hydrogen (secondary N) is 1. The van der Waals surface area contributed by atoms with Crippen LogP contribution in [0.4, 0.5) is 5.69 Å². The number of benzene rings is 3. The minimum Gasteiger partial charge on any atom is -0.497 e. The number of hydrogen-bond donors (Lipinski definition) is 2. The molecule has 7 nitrogen and oxygen atoms in total. The lowest BCUT2D eigenvalue weighted by molar-refractivity contribution is -0.135. The first-order chi connectivity index (χ1) is 15.8. The molecular formula is C26H24N2O5. The van der Waals surface area contributed by atoms with Gasteiger partial charge in [-0.05, 0) is 55.3 Å². The molecule has 1 unspecified atom stereocenters. The third-order valence-electron chi connectivity index (χ3n) is 5.64. The van der Waals surface area contributed by atoms with Crippen LogP contribution < -0.4 is 15.7 Å². The summed E-state index contributed by atoms with van der Waals surface area (Å²) in [5.74, 6) is 0.0236. The average Bonchev–Trinajstić information content (AvgIpc) is 2.81. The van der Waals surface area contributed by atoms with Gasteiger partial charge in [0.25, 0.3) is 5.91 Å². The number of amides is 1. The number of aryl methyl sites for hydroxylation is 2. The van der Waals surface area contributed by atoms with Crippen molar-refractivity contribution < 1.29 is 19.2 Å². The molecule has 0 fully saturated rings.